The van der Waals surface area contributed by atoms with Crippen LogP contribution in [0.15, 0.2) is 54.6 Å². The van der Waals surface area contributed by atoms with E-state index in [1.165, 1.54) is 37.1 Å². The average Bonchev–Trinajstić information content (AvgIpc) is 3.08. The van der Waals surface area contributed by atoms with Crippen LogP contribution >= 0.6 is 0 Å². The summed E-state index contributed by atoms with van der Waals surface area (Å²) >= 11 is 0. The van der Waals surface area contributed by atoms with Crippen LogP contribution in [0.1, 0.15) is 35.6 Å². The van der Waals surface area contributed by atoms with Gasteiger partial charge in [-0.25, -0.2) is 0 Å². The molecule has 1 heterocycles. The predicted molar refractivity (Wildman–Crippen MR) is 84.9 cm³/mol. The Labute approximate surface area is 126 Å². The van der Waals surface area contributed by atoms with Crippen molar-refractivity contribution in [3.05, 3.63) is 71.3 Å². The van der Waals surface area contributed by atoms with Crippen LogP contribution in [0.25, 0.3) is 0 Å². The van der Waals surface area contributed by atoms with Gasteiger partial charge in [0, 0.05) is 6.04 Å². The van der Waals surface area contributed by atoms with Gasteiger partial charge in [-0.1, -0.05) is 42.5 Å². The number of nitriles is 1. The first-order valence-corrected chi connectivity index (χ1v) is 7.65. The minimum Gasteiger partial charge on any atom is -0.296 e. The Balaban J connectivity index is 1.83. The summed E-state index contributed by atoms with van der Waals surface area (Å²) in [6.45, 7) is 2.38. The normalized spacial score (nSPS) is 16.5. The lowest BCUT2D eigenvalue weighted by atomic mass is 9.97. The first-order valence-electron chi connectivity index (χ1n) is 7.65. The standard InChI is InChI=1S/C19H20N2/c20-15-17-10-8-16(9-11-17)14-19(21-12-4-5-13-21)18-6-2-1-3-7-18/h1-3,6-11,19H,4-5,12-14H2. The maximum atomic E-state index is 8.90. The van der Waals surface area contributed by atoms with E-state index in [0.717, 1.165) is 12.0 Å². The molecule has 1 saturated heterocycles. The van der Waals surface area contributed by atoms with Crippen LogP contribution in [-0.2, 0) is 6.42 Å². The lowest BCUT2D eigenvalue weighted by Crippen LogP contribution is -2.27. The number of hydrogen-bond acceptors (Lipinski definition) is 2. The monoisotopic (exact) mass is 276 g/mol. The van der Waals surface area contributed by atoms with Crippen molar-refractivity contribution in [1.29, 1.82) is 5.26 Å². The molecular weight excluding hydrogens is 256 g/mol. The van der Waals surface area contributed by atoms with E-state index in [1.807, 2.05) is 12.1 Å². The van der Waals surface area contributed by atoms with E-state index in [9.17, 15) is 0 Å². The third-order valence-electron chi connectivity index (χ3n) is 4.28. The van der Waals surface area contributed by atoms with Crippen LogP contribution in [-0.4, -0.2) is 18.0 Å². The summed E-state index contributed by atoms with van der Waals surface area (Å²) in [5.74, 6) is 0. The largest absolute Gasteiger partial charge is 0.296 e. The maximum Gasteiger partial charge on any atom is 0.0991 e. The van der Waals surface area contributed by atoms with Crippen molar-refractivity contribution in [2.24, 2.45) is 0 Å². The topological polar surface area (TPSA) is 27.0 Å². The highest BCUT2D eigenvalue weighted by Crippen LogP contribution is 2.28. The van der Waals surface area contributed by atoms with Gasteiger partial charge in [0.1, 0.15) is 0 Å². The SMILES string of the molecule is N#Cc1ccc(CC(c2ccccc2)N2CCCC2)cc1. The smallest absolute Gasteiger partial charge is 0.0991 e. The van der Waals surface area contributed by atoms with Crippen molar-refractivity contribution in [3.8, 4) is 6.07 Å². The molecule has 3 rings (SSSR count). The molecule has 0 radical (unpaired) electrons. The van der Waals surface area contributed by atoms with E-state index in [-0.39, 0.29) is 0 Å². The fraction of sp³-hybridized carbons (Fsp3) is 0.316. The van der Waals surface area contributed by atoms with Crippen LogP contribution in [0.2, 0.25) is 0 Å². The highest BCUT2D eigenvalue weighted by atomic mass is 15.2. The van der Waals surface area contributed by atoms with Crippen molar-refractivity contribution < 1.29 is 0 Å². The molecular formula is C19H20N2. The van der Waals surface area contributed by atoms with Crippen molar-refractivity contribution in [1.82, 2.24) is 4.90 Å². The summed E-state index contributed by atoms with van der Waals surface area (Å²) in [6.07, 6.45) is 3.61. The Morgan fingerprint density at radius 3 is 2.24 bits per heavy atom. The molecule has 0 bridgehead atoms. The summed E-state index contributed by atoms with van der Waals surface area (Å²) in [5.41, 5.74) is 3.43. The van der Waals surface area contributed by atoms with E-state index >= 15 is 0 Å². The molecule has 0 aliphatic carbocycles. The van der Waals surface area contributed by atoms with E-state index in [0.29, 0.717) is 6.04 Å². The number of benzene rings is 2. The molecule has 106 valence electrons. The molecule has 0 spiro atoms. The van der Waals surface area contributed by atoms with Gasteiger partial charge < -0.3 is 0 Å². The molecule has 0 saturated carbocycles. The number of rotatable bonds is 4. The second kappa shape index (κ2) is 6.56. The number of hydrogen-bond donors (Lipinski definition) is 0. The molecule has 2 aromatic rings. The third-order valence-corrected chi connectivity index (χ3v) is 4.28. The van der Waals surface area contributed by atoms with Gasteiger partial charge in [0.2, 0.25) is 0 Å². The molecule has 1 aliphatic heterocycles. The van der Waals surface area contributed by atoms with Gasteiger partial charge in [0.05, 0.1) is 11.6 Å². The van der Waals surface area contributed by atoms with E-state index in [2.05, 4.69) is 53.4 Å². The Bertz CT molecular complexity index is 604. The number of nitrogens with zero attached hydrogens (tertiary/aromatic N) is 2. The van der Waals surface area contributed by atoms with Gasteiger partial charge in [-0.15, -0.1) is 0 Å². The molecule has 1 aliphatic rings. The van der Waals surface area contributed by atoms with Gasteiger partial charge in [0.25, 0.3) is 0 Å². The van der Waals surface area contributed by atoms with Crippen LogP contribution < -0.4 is 0 Å². The first-order chi connectivity index (χ1) is 10.4. The van der Waals surface area contributed by atoms with Crippen LogP contribution in [0.5, 0.6) is 0 Å². The Morgan fingerprint density at radius 1 is 0.952 bits per heavy atom. The molecule has 1 atom stereocenters. The molecule has 1 fully saturated rings. The van der Waals surface area contributed by atoms with Crippen molar-refractivity contribution in [3.63, 3.8) is 0 Å². The minimum absolute atomic E-state index is 0.446. The van der Waals surface area contributed by atoms with Gasteiger partial charge in [-0.2, -0.15) is 5.26 Å². The van der Waals surface area contributed by atoms with Gasteiger partial charge in [-0.3, -0.25) is 4.90 Å². The van der Waals surface area contributed by atoms with Crippen molar-refractivity contribution in [2.45, 2.75) is 25.3 Å². The van der Waals surface area contributed by atoms with Gasteiger partial charge in [0.15, 0.2) is 0 Å². The molecule has 21 heavy (non-hydrogen) atoms. The first kappa shape index (κ1) is 13.9. The molecule has 0 aromatic heterocycles. The second-order valence-electron chi connectivity index (χ2n) is 5.68. The van der Waals surface area contributed by atoms with E-state index in [1.54, 1.807) is 0 Å². The van der Waals surface area contributed by atoms with Crippen molar-refractivity contribution in [2.75, 3.05) is 13.1 Å². The van der Waals surface area contributed by atoms with Crippen LogP contribution in [0.3, 0.4) is 0 Å². The minimum atomic E-state index is 0.446. The maximum absolute atomic E-state index is 8.90. The molecule has 2 aromatic carbocycles. The Morgan fingerprint density at radius 2 is 1.62 bits per heavy atom. The van der Waals surface area contributed by atoms with E-state index < -0.39 is 0 Å². The predicted octanol–water partition coefficient (Wildman–Crippen LogP) is 3.94. The molecule has 0 amide bonds. The zero-order valence-electron chi connectivity index (χ0n) is 12.2. The fourth-order valence-electron chi connectivity index (χ4n) is 3.12. The second-order valence-corrected chi connectivity index (χ2v) is 5.68. The highest BCUT2D eigenvalue weighted by molar-refractivity contribution is 5.33. The molecule has 1 unspecified atom stereocenters. The van der Waals surface area contributed by atoms with Crippen molar-refractivity contribution >= 4 is 0 Å². The summed E-state index contributed by atoms with van der Waals surface area (Å²) in [7, 11) is 0. The summed E-state index contributed by atoms with van der Waals surface area (Å²) in [4.78, 5) is 2.59. The molecule has 2 heteroatoms. The zero-order chi connectivity index (χ0) is 14.5. The van der Waals surface area contributed by atoms with Gasteiger partial charge >= 0.3 is 0 Å². The molecule has 0 N–H and O–H groups in total. The highest BCUT2D eigenvalue weighted by Gasteiger charge is 2.23. The average molecular weight is 276 g/mol. The lowest BCUT2D eigenvalue weighted by molar-refractivity contribution is 0.244. The Hall–Kier alpha value is -2.11. The lowest BCUT2D eigenvalue weighted by Gasteiger charge is -2.28. The fourth-order valence-corrected chi connectivity index (χ4v) is 3.12. The zero-order valence-corrected chi connectivity index (χ0v) is 12.2. The summed E-state index contributed by atoms with van der Waals surface area (Å²) in [5, 5.41) is 8.90. The number of likely N-dealkylation sites (tertiary alicyclic amines) is 1. The quantitative estimate of drug-likeness (QED) is 0.845. The van der Waals surface area contributed by atoms with Gasteiger partial charge in [-0.05, 0) is 55.6 Å². The van der Waals surface area contributed by atoms with Crippen LogP contribution in [0, 0.1) is 11.3 Å². The van der Waals surface area contributed by atoms with E-state index in [4.69, 9.17) is 5.26 Å². The summed E-state index contributed by atoms with van der Waals surface area (Å²) < 4.78 is 0. The molecule has 2 nitrogen and oxygen atoms in total. The van der Waals surface area contributed by atoms with Crippen LogP contribution in [0.4, 0.5) is 0 Å². The Kier molecular flexibility index (Phi) is 4.33. The third kappa shape index (κ3) is 3.32. The summed E-state index contributed by atoms with van der Waals surface area (Å²) in [6, 6.07) is 21.4.